The van der Waals surface area contributed by atoms with Crippen molar-refractivity contribution in [2.45, 2.75) is 0 Å². The van der Waals surface area contributed by atoms with Gasteiger partial charge in [-0.2, -0.15) is 0 Å². The van der Waals surface area contributed by atoms with Gasteiger partial charge in [-0.05, 0) is 51.1 Å². The largest absolute Gasteiger partial charge is 0.246 e. The van der Waals surface area contributed by atoms with Gasteiger partial charge in [0.1, 0.15) is 0 Å². The van der Waals surface area contributed by atoms with Crippen LogP contribution in [-0.4, -0.2) is 15.0 Å². The fourth-order valence-electron chi connectivity index (χ4n) is 8.87. The molecule has 66 heavy (non-hydrogen) atoms. The van der Waals surface area contributed by atoms with E-state index >= 15 is 0 Å². The van der Waals surface area contributed by atoms with E-state index in [2.05, 4.69) is 249 Å². The molecule has 0 N–H and O–H groups in total. The Bertz CT molecular complexity index is 3190. The van der Waals surface area contributed by atoms with E-state index < -0.39 is 0 Å². The van der Waals surface area contributed by atoms with Gasteiger partial charge in [-0.25, -0.2) is 15.0 Å². The Kier molecular flexibility index (Phi) is 11.0. The molecule has 3 heteroatoms. The molecule has 0 spiro atoms. The second kappa shape index (κ2) is 18.1. The number of aromatic nitrogens is 3. The topological polar surface area (TPSA) is 38.7 Å². The minimum Gasteiger partial charge on any atom is -0.246 e. The van der Waals surface area contributed by atoms with Crippen molar-refractivity contribution in [2.75, 3.05) is 0 Å². The second-order valence-corrected chi connectivity index (χ2v) is 16.3. The highest BCUT2D eigenvalue weighted by atomic mass is 14.9. The molecule has 0 aliphatic carbocycles. The third kappa shape index (κ3) is 8.14. The van der Waals surface area contributed by atoms with Crippen molar-refractivity contribution < 1.29 is 0 Å². The second-order valence-electron chi connectivity index (χ2n) is 16.3. The van der Waals surface area contributed by atoms with Crippen molar-refractivity contribution in [1.82, 2.24) is 15.0 Å². The fourth-order valence-corrected chi connectivity index (χ4v) is 8.87. The maximum absolute atomic E-state index is 5.65. The van der Waals surface area contributed by atoms with Crippen LogP contribution in [-0.2, 0) is 0 Å². The van der Waals surface area contributed by atoms with Crippen LogP contribution in [0.1, 0.15) is 0 Å². The first-order chi connectivity index (χ1) is 32.7. The Labute approximate surface area is 386 Å². The van der Waals surface area contributed by atoms with Gasteiger partial charge >= 0.3 is 0 Å². The Morgan fingerprint density at radius 1 is 0.182 bits per heavy atom. The first kappa shape index (κ1) is 40.0. The molecule has 0 atom stereocenters. The first-order valence-electron chi connectivity index (χ1n) is 22.3. The highest BCUT2D eigenvalue weighted by molar-refractivity contribution is 6.05. The molecular weight excluding hydrogens is 799 g/mol. The van der Waals surface area contributed by atoms with Crippen LogP contribution < -0.4 is 0 Å². The molecule has 2 aromatic heterocycles. The average molecular weight is 842 g/mol. The zero-order valence-corrected chi connectivity index (χ0v) is 36.2. The number of hydrogen-bond donors (Lipinski definition) is 0. The summed E-state index contributed by atoms with van der Waals surface area (Å²) >= 11 is 0. The molecular formula is C63H43N3. The predicted molar refractivity (Wildman–Crippen MR) is 274 cm³/mol. The quantitative estimate of drug-likeness (QED) is 0.138. The van der Waals surface area contributed by atoms with E-state index in [1.54, 1.807) is 0 Å². The maximum atomic E-state index is 5.65. The van der Waals surface area contributed by atoms with E-state index in [1.807, 2.05) is 12.1 Å². The molecule has 2 heterocycles. The maximum Gasteiger partial charge on any atom is 0.160 e. The van der Waals surface area contributed by atoms with Crippen LogP contribution in [0.4, 0.5) is 0 Å². The van der Waals surface area contributed by atoms with Gasteiger partial charge in [0.2, 0.25) is 0 Å². The summed E-state index contributed by atoms with van der Waals surface area (Å²) in [6.45, 7) is 0. The van der Waals surface area contributed by atoms with Crippen LogP contribution in [0.2, 0.25) is 0 Å². The lowest BCUT2D eigenvalue weighted by Gasteiger charge is -2.23. The van der Waals surface area contributed by atoms with Gasteiger partial charge < -0.3 is 0 Å². The molecule has 0 aliphatic rings. The lowest BCUT2D eigenvalue weighted by atomic mass is 9.83. The Morgan fingerprint density at radius 3 is 0.939 bits per heavy atom. The molecule has 0 saturated heterocycles. The average Bonchev–Trinajstić information content (AvgIpc) is 3.42. The highest BCUT2D eigenvalue weighted by Crippen LogP contribution is 2.49. The standard InChI is InChI=1S/C63H43N3/c1-7-20-44(21-8-1)46-34-38-48(39-35-46)56-43-57(65-63(64-56)53-40-36-47(37-41-53)45-22-9-2-10-23-45)54-32-19-33-55(42-54)58-59(49-24-11-3-12-25-49)61(51-28-15-5-16-29-51)66-62(52-30-17-6-18-31-52)60(58)50-26-13-4-14-27-50/h1-43H. The summed E-state index contributed by atoms with van der Waals surface area (Å²) in [5.41, 5.74) is 19.7. The van der Waals surface area contributed by atoms with Gasteiger partial charge in [0.25, 0.3) is 0 Å². The lowest BCUT2D eigenvalue weighted by molar-refractivity contribution is 1.18. The normalized spacial score (nSPS) is 11.0. The summed E-state index contributed by atoms with van der Waals surface area (Å²) in [5.74, 6) is 0.663. The fraction of sp³-hybridized carbons (Fsp3) is 0. The first-order valence-corrected chi connectivity index (χ1v) is 22.3. The molecule has 310 valence electrons. The minimum atomic E-state index is 0.663. The molecule has 0 radical (unpaired) electrons. The molecule has 3 nitrogen and oxygen atoms in total. The van der Waals surface area contributed by atoms with Gasteiger partial charge in [-0.15, -0.1) is 0 Å². The Balaban J connectivity index is 1.14. The SMILES string of the molecule is c1ccc(-c2ccc(-c3cc(-c4cccc(-c5c(-c6ccccc6)c(-c6ccccc6)nc(-c6ccccc6)c5-c5ccccc5)c4)nc(-c4ccc(-c5ccccc5)cc4)n3)cc2)cc1. The molecule has 0 saturated carbocycles. The van der Waals surface area contributed by atoms with Crippen molar-refractivity contribution in [1.29, 1.82) is 0 Å². The van der Waals surface area contributed by atoms with E-state index in [1.165, 1.54) is 11.1 Å². The van der Waals surface area contributed by atoms with Crippen molar-refractivity contribution >= 4 is 0 Å². The molecule has 0 amide bonds. The molecule has 11 rings (SSSR count). The molecule has 0 aliphatic heterocycles. The molecule has 0 fully saturated rings. The number of pyridine rings is 1. The predicted octanol–water partition coefficient (Wildman–Crippen LogP) is 16.5. The molecule has 0 bridgehead atoms. The van der Waals surface area contributed by atoms with E-state index in [4.69, 9.17) is 15.0 Å². The summed E-state index contributed by atoms with van der Waals surface area (Å²) < 4.78 is 0. The third-order valence-electron chi connectivity index (χ3n) is 12.1. The summed E-state index contributed by atoms with van der Waals surface area (Å²) in [5, 5.41) is 0. The monoisotopic (exact) mass is 841 g/mol. The van der Waals surface area contributed by atoms with Gasteiger partial charge in [-0.1, -0.05) is 249 Å². The molecule has 0 unspecified atom stereocenters. The zero-order chi connectivity index (χ0) is 44.1. The summed E-state index contributed by atoms with van der Waals surface area (Å²) in [6.07, 6.45) is 0. The number of benzene rings is 9. The summed E-state index contributed by atoms with van der Waals surface area (Å²) in [4.78, 5) is 16.3. The van der Waals surface area contributed by atoms with Crippen molar-refractivity contribution in [2.24, 2.45) is 0 Å². The zero-order valence-electron chi connectivity index (χ0n) is 36.2. The van der Waals surface area contributed by atoms with Crippen LogP contribution in [0.3, 0.4) is 0 Å². The van der Waals surface area contributed by atoms with Crippen molar-refractivity contribution in [3.8, 4) is 112 Å². The number of hydrogen-bond acceptors (Lipinski definition) is 3. The van der Waals surface area contributed by atoms with E-state index in [9.17, 15) is 0 Å². The van der Waals surface area contributed by atoms with Crippen LogP contribution >= 0.6 is 0 Å². The summed E-state index contributed by atoms with van der Waals surface area (Å²) in [6, 6.07) is 91.7. The van der Waals surface area contributed by atoms with Crippen molar-refractivity contribution in [3.63, 3.8) is 0 Å². The lowest BCUT2D eigenvalue weighted by Crippen LogP contribution is -2.02. The Hall–Kier alpha value is -8.79. The number of rotatable bonds is 10. The van der Waals surface area contributed by atoms with Gasteiger partial charge in [0.15, 0.2) is 5.82 Å². The highest BCUT2D eigenvalue weighted by Gasteiger charge is 2.25. The van der Waals surface area contributed by atoms with E-state index in [0.29, 0.717) is 5.82 Å². The molecule has 9 aromatic carbocycles. The molecule has 11 aromatic rings. The van der Waals surface area contributed by atoms with Gasteiger partial charge in [0, 0.05) is 44.5 Å². The van der Waals surface area contributed by atoms with Gasteiger partial charge in [-0.3, -0.25) is 0 Å². The van der Waals surface area contributed by atoms with Crippen LogP contribution in [0.5, 0.6) is 0 Å². The van der Waals surface area contributed by atoms with E-state index in [0.717, 1.165) is 95.1 Å². The van der Waals surface area contributed by atoms with Crippen LogP contribution in [0.25, 0.3) is 112 Å². The number of nitrogens with zero attached hydrogens (tertiary/aromatic N) is 3. The smallest absolute Gasteiger partial charge is 0.160 e. The van der Waals surface area contributed by atoms with Crippen molar-refractivity contribution in [3.05, 3.63) is 261 Å². The third-order valence-corrected chi connectivity index (χ3v) is 12.1. The minimum absolute atomic E-state index is 0.663. The van der Waals surface area contributed by atoms with Gasteiger partial charge in [0.05, 0.1) is 22.8 Å². The van der Waals surface area contributed by atoms with Crippen LogP contribution in [0.15, 0.2) is 261 Å². The van der Waals surface area contributed by atoms with E-state index in [-0.39, 0.29) is 0 Å². The summed E-state index contributed by atoms with van der Waals surface area (Å²) in [7, 11) is 0. The Morgan fingerprint density at radius 2 is 0.500 bits per heavy atom. The van der Waals surface area contributed by atoms with Crippen LogP contribution in [0, 0.1) is 0 Å².